The smallest absolute Gasteiger partial charge is 0.134 e. The van der Waals surface area contributed by atoms with E-state index in [1.54, 1.807) is 0 Å². The van der Waals surface area contributed by atoms with E-state index >= 15 is 0 Å². The first kappa shape index (κ1) is 13.1. The van der Waals surface area contributed by atoms with Crippen LogP contribution in [-0.2, 0) is 19.3 Å². The molecule has 0 bridgehead atoms. The molecule has 3 rings (SSSR count). The van der Waals surface area contributed by atoms with Gasteiger partial charge in [-0.1, -0.05) is 31.2 Å². The lowest BCUT2D eigenvalue weighted by Gasteiger charge is -2.24. The van der Waals surface area contributed by atoms with Crippen LogP contribution in [0.3, 0.4) is 0 Å². The molecule has 1 unspecified atom stereocenters. The summed E-state index contributed by atoms with van der Waals surface area (Å²) >= 11 is 0. The number of anilines is 1. The van der Waals surface area contributed by atoms with Gasteiger partial charge in [-0.3, -0.25) is 0 Å². The minimum Gasteiger partial charge on any atom is -0.373 e. The summed E-state index contributed by atoms with van der Waals surface area (Å²) in [6.07, 6.45) is 4.29. The van der Waals surface area contributed by atoms with E-state index < -0.39 is 0 Å². The van der Waals surface area contributed by atoms with Crippen molar-refractivity contribution in [1.29, 1.82) is 0 Å². The van der Waals surface area contributed by atoms with E-state index in [-0.39, 0.29) is 0 Å². The van der Waals surface area contributed by atoms with Crippen molar-refractivity contribution in [2.75, 3.05) is 12.4 Å². The van der Waals surface area contributed by atoms with Crippen LogP contribution in [0.25, 0.3) is 0 Å². The fourth-order valence-electron chi connectivity index (χ4n) is 2.93. The van der Waals surface area contributed by atoms with E-state index in [1.165, 1.54) is 11.1 Å². The van der Waals surface area contributed by atoms with Crippen molar-refractivity contribution in [3.63, 3.8) is 0 Å². The number of hydrogen-bond donors (Lipinski definition) is 1. The van der Waals surface area contributed by atoms with Crippen molar-refractivity contribution in [3.05, 3.63) is 53.0 Å². The minimum atomic E-state index is 0.448. The summed E-state index contributed by atoms with van der Waals surface area (Å²) < 4.78 is 0. The van der Waals surface area contributed by atoms with Crippen LogP contribution in [0.2, 0.25) is 0 Å². The first-order valence-corrected chi connectivity index (χ1v) is 7.42. The molecule has 0 fully saturated rings. The highest BCUT2D eigenvalue weighted by Crippen LogP contribution is 2.31. The van der Waals surface area contributed by atoms with Gasteiger partial charge in [0.05, 0.1) is 0 Å². The molecule has 0 radical (unpaired) electrons. The number of fused-ring (bicyclic) bond motifs is 1. The molecule has 1 atom stereocenters. The molecule has 1 aliphatic carbocycles. The maximum Gasteiger partial charge on any atom is 0.134 e. The maximum atomic E-state index is 4.75. The third-order valence-corrected chi connectivity index (χ3v) is 4.13. The molecule has 1 heterocycles. The summed E-state index contributed by atoms with van der Waals surface area (Å²) in [5.41, 5.74) is 4.07. The van der Waals surface area contributed by atoms with Crippen LogP contribution in [0.4, 0.5) is 5.82 Å². The fraction of sp³-hybridized carbons (Fsp3) is 0.412. The average molecular weight is 267 g/mol. The molecule has 0 amide bonds. The minimum absolute atomic E-state index is 0.448. The van der Waals surface area contributed by atoms with E-state index in [0.717, 1.165) is 43.0 Å². The molecule has 104 valence electrons. The Bertz CT molecular complexity index is 585. The van der Waals surface area contributed by atoms with Crippen molar-refractivity contribution in [1.82, 2.24) is 9.97 Å². The van der Waals surface area contributed by atoms with Gasteiger partial charge in [0.25, 0.3) is 0 Å². The summed E-state index contributed by atoms with van der Waals surface area (Å²) in [5.74, 6) is 2.39. The van der Waals surface area contributed by atoms with Crippen molar-refractivity contribution in [3.8, 4) is 0 Å². The Kier molecular flexibility index (Phi) is 3.68. The van der Waals surface area contributed by atoms with Crippen LogP contribution in [0.5, 0.6) is 0 Å². The lowest BCUT2D eigenvalue weighted by Crippen LogP contribution is -2.16. The Morgan fingerprint density at radius 1 is 1.20 bits per heavy atom. The Morgan fingerprint density at radius 2 is 2.00 bits per heavy atom. The van der Waals surface area contributed by atoms with E-state index in [9.17, 15) is 0 Å². The summed E-state index contributed by atoms with van der Waals surface area (Å²) in [7, 11) is 1.92. The Morgan fingerprint density at radius 3 is 2.75 bits per heavy atom. The van der Waals surface area contributed by atoms with E-state index in [2.05, 4.69) is 41.5 Å². The zero-order valence-electron chi connectivity index (χ0n) is 12.2. The van der Waals surface area contributed by atoms with Crippen LogP contribution in [-0.4, -0.2) is 17.0 Å². The van der Waals surface area contributed by atoms with Crippen molar-refractivity contribution in [2.24, 2.45) is 0 Å². The van der Waals surface area contributed by atoms with E-state index in [1.807, 2.05) is 13.1 Å². The lowest BCUT2D eigenvalue weighted by molar-refractivity contribution is 0.553. The largest absolute Gasteiger partial charge is 0.373 e. The van der Waals surface area contributed by atoms with Gasteiger partial charge in [-0.25, -0.2) is 9.97 Å². The molecular formula is C17H21N3. The van der Waals surface area contributed by atoms with Gasteiger partial charge in [-0.05, 0) is 36.8 Å². The summed E-state index contributed by atoms with van der Waals surface area (Å²) in [4.78, 5) is 9.42. The second-order valence-electron chi connectivity index (χ2n) is 5.41. The molecular weight excluding hydrogens is 246 g/mol. The van der Waals surface area contributed by atoms with Crippen LogP contribution >= 0.6 is 0 Å². The van der Waals surface area contributed by atoms with Gasteiger partial charge in [0.2, 0.25) is 0 Å². The van der Waals surface area contributed by atoms with Gasteiger partial charge in [-0.2, -0.15) is 0 Å². The second kappa shape index (κ2) is 5.61. The zero-order valence-corrected chi connectivity index (χ0v) is 12.2. The normalized spacial score (nSPS) is 17.6. The van der Waals surface area contributed by atoms with Crippen molar-refractivity contribution < 1.29 is 0 Å². The third kappa shape index (κ3) is 2.53. The Hall–Kier alpha value is -1.90. The Labute approximate surface area is 120 Å². The maximum absolute atomic E-state index is 4.75. The van der Waals surface area contributed by atoms with E-state index in [4.69, 9.17) is 4.98 Å². The molecule has 0 spiro atoms. The highest BCUT2D eigenvalue weighted by atomic mass is 15.0. The van der Waals surface area contributed by atoms with Crippen molar-refractivity contribution >= 4 is 5.82 Å². The first-order valence-electron chi connectivity index (χ1n) is 7.42. The van der Waals surface area contributed by atoms with Gasteiger partial charge in [0, 0.05) is 24.7 Å². The molecule has 1 aromatic carbocycles. The SMILES string of the molecule is CCc1cc(NC)nc(C2CCc3ccccc3C2)n1. The van der Waals surface area contributed by atoms with Crippen molar-refractivity contribution in [2.45, 2.75) is 38.5 Å². The molecule has 3 nitrogen and oxygen atoms in total. The molecule has 0 saturated heterocycles. The predicted molar refractivity (Wildman–Crippen MR) is 82.2 cm³/mol. The number of benzene rings is 1. The summed E-state index contributed by atoms with van der Waals surface area (Å²) in [6.45, 7) is 2.14. The molecule has 1 N–H and O–H groups in total. The highest BCUT2D eigenvalue weighted by molar-refractivity contribution is 5.37. The number of hydrogen-bond acceptors (Lipinski definition) is 3. The van der Waals surface area contributed by atoms with Gasteiger partial charge < -0.3 is 5.32 Å². The Balaban J connectivity index is 1.91. The summed E-state index contributed by atoms with van der Waals surface area (Å²) in [5, 5.41) is 3.15. The van der Waals surface area contributed by atoms with E-state index in [0.29, 0.717) is 5.92 Å². The number of nitrogens with one attached hydrogen (secondary N) is 1. The topological polar surface area (TPSA) is 37.8 Å². The van der Waals surface area contributed by atoms with Crippen LogP contribution in [0.1, 0.15) is 41.9 Å². The predicted octanol–water partition coefficient (Wildman–Crippen LogP) is 3.35. The number of nitrogens with zero attached hydrogens (tertiary/aromatic N) is 2. The third-order valence-electron chi connectivity index (χ3n) is 4.13. The molecule has 20 heavy (non-hydrogen) atoms. The number of aromatic nitrogens is 2. The van der Waals surface area contributed by atoms with Crippen LogP contribution in [0.15, 0.2) is 30.3 Å². The zero-order chi connectivity index (χ0) is 13.9. The fourth-order valence-corrected chi connectivity index (χ4v) is 2.93. The molecule has 0 aliphatic heterocycles. The monoisotopic (exact) mass is 267 g/mol. The van der Waals surface area contributed by atoms with Crippen LogP contribution in [0, 0.1) is 0 Å². The summed E-state index contributed by atoms with van der Waals surface area (Å²) in [6, 6.07) is 10.8. The molecule has 1 aliphatic rings. The first-order chi connectivity index (χ1) is 9.80. The molecule has 0 saturated carbocycles. The lowest BCUT2D eigenvalue weighted by atomic mass is 9.83. The molecule has 2 aromatic rings. The highest BCUT2D eigenvalue weighted by Gasteiger charge is 2.22. The second-order valence-corrected chi connectivity index (χ2v) is 5.41. The average Bonchev–Trinajstić information content (AvgIpc) is 2.53. The van der Waals surface area contributed by atoms with Gasteiger partial charge in [0.1, 0.15) is 11.6 Å². The van der Waals surface area contributed by atoms with Gasteiger partial charge >= 0.3 is 0 Å². The quantitative estimate of drug-likeness (QED) is 0.926. The number of rotatable bonds is 3. The van der Waals surface area contributed by atoms with Crippen LogP contribution < -0.4 is 5.32 Å². The van der Waals surface area contributed by atoms with Gasteiger partial charge in [-0.15, -0.1) is 0 Å². The van der Waals surface area contributed by atoms with Gasteiger partial charge in [0.15, 0.2) is 0 Å². The number of aryl methyl sites for hydroxylation is 2. The molecule has 1 aromatic heterocycles. The molecule has 3 heteroatoms. The standard InChI is InChI=1S/C17H21N3/c1-3-15-11-16(18-2)20-17(19-15)14-9-8-12-6-4-5-7-13(12)10-14/h4-7,11,14H,3,8-10H2,1-2H3,(H,18,19,20).